The first kappa shape index (κ1) is 14.1. The Bertz CT molecular complexity index is 336. The average Bonchev–Trinajstić information content (AvgIpc) is 2.74. The second kappa shape index (κ2) is 8.18. The Balaban J connectivity index is 2.07. The summed E-state index contributed by atoms with van der Waals surface area (Å²) < 4.78 is 4.86. The number of nitrogens with one attached hydrogen (secondary N) is 1. The second-order valence-corrected chi connectivity index (χ2v) is 4.47. The third-order valence-electron chi connectivity index (χ3n) is 2.68. The second-order valence-electron chi connectivity index (χ2n) is 4.13. The van der Waals surface area contributed by atoms with E-state index in [1.54, 1.807) is 6.07 Å². The smallest absolute Gasteiger partial charge is 0.256 e. The van der Waals surface area contributed by atoms with Crippen molar-refractivity contribution >= 4 is 17.5 Å². The van der Waals surface area contributed by atoms with Crippen molar-refractivity contribution in [2.24, 2.45) is 0 Å². The zero-order chi connectivity index (χ0) is 12.5. The van der Waals surface area contributed by atoms with E-state index in [4.69, 9.17) is 16.0 Å². The molecular formula is C13H20ClNO2. The lowest BCUT2D eigenvalue weighted by Gasteiger charge is -2.03. The van der Waals surface area contributed by atoms with Crippen LogP contribution in [0.25, 0.3) is 0 Å². The Morgan fingerprint density at radius 1 is 1.29 bits per heavy atom. The highest BCUT2D eigenvalue weighted by Crippen LogP contribution is 2.16. The molecule has 0 fully saturated rings. The third kappa shape index (κ3) is 5.26. The average molecular weight is 258 g/mol. The highest BCUT2D eigenvalue weighted by Gasteiger charge is 2.11. The van der Waals surface area contributed by atoms with Crippen LogP contribution in [0.1, 0.15) is 55.8 Å². The van der Waals surface area contributed by atoms with Crippen LogP contribution in [0.15, 0.2) is 16.7 Å². The van der Waals surface area contributed by atoms with Gasteiger partial charge in [0.25, 0.3) is 5.91 Å². The molecule has 0 aromatic carbocycles. The van der Waals surface area contributed by atoms with Gasteiger partial charge in [-0.05, 0) is 24.1 Å². The maximum absolute atomic E-state index is 11.6. The number of hydrogen-bond donors (Lipinski definition) is 1. The number of unbranched alkanes of at least 4 members (excludes halogenated alkanes) is 5. The molecule has 0 spiro atoms. The maximum Gasteiger partial charge on any atom is 0.256 e. The molecule has 0 atom stereocenters. The quantitative estimate of drug-likeness (QED) is 0.715. The van der Waals surface area contributed by atoms with Crippen molar-refractivity contribution in [1.29, 1.82) is 0 Å². The highest BCUT2D eigenvalue weighted by atomic mass is 35.5. The molecule has 17 heavy (non-hydrogen) atoms. The lowest BCUT2D eigenvalue weighted by Crippen LogP contribution is -2.24. The minimum atomic E-state index is -0.155. The molecule has 0 radical (unpaired) electrons. The van der Waals surface area contributed by atoms with Crippen molar-refractivity contribution in [3.8, 4) is 0 Å². The van der Waals surface area contributed by atoms with Gasteiger partial charge in [0.1, 0.15) is 0 Å². The molecule has 1 heterocycles. The largest absolute Gasteiger partial charge is 0.452 e. The van der Waals surface area contributed by atoms with E-state index in [-0.39, 0.29) is 11.1 Å². The van der Waals surface area contributed by atoms with E-state index in [1.807, 2.05) is 0 Å². The van der Waals surface area contributed by atoms with Gasteiger partial charge in [0, 0.05) is 6.54 Å². The lowest BCUT2D eigenvalue weighted by molar-refractivity contribution is 0.0952. The van der Waals surface area contributed by atoms with E-state index in [0.29, 0.717) is 12.1 Å². The van der Waals surface area contributed by atoms with Crippen molar-refractivity contribution in [3.63, 3.8) is 0 Å². The summed E-state index contributed by atoms with van der Waals surface area (Å²) >= 11 is 5.70. The van der Waals surface area contributed by atoms with Gasteiger partial charge in [0.05, 0.1) is 11.8 Å². The molecule has 3 nitrogen and oxygen atoms in total. The summed E-state index contributed by atoms with van der Waals surface area (Å²) in [4.78, 5) is 11.6. The fourth-order valence-corrected chi connectivity index (χ4v) is 1.86. The Morgan fingerprint density at radius 3 is 2.65 bits per heavy atom. The molecule has 0 bridgehead atoms. The highest BCUT2D eigenvalue weighted by molar-refractivity contribution is 6.32. The molecule has 0 aliphatic carbocycles. The summed E-state index contributed by atoms with van der Waals surface area (Å²) in [5, 5.41) is 2.99. The molecule has 0 aliphatic heterocycles. The van der Waals surface area contributed by atoms with E-state index < -0.39 is 0 Å². The van der Waals surface area contributed by atoms with Crippen LogP contribution in [0, 0.1) is 0 Å². The Hall–Kier alpha value is -0.960. The molecule has 0 saturated heterocycles. The van der Waals surface area contributed by atoms with Gasteiger partial charge in [-0.3, -0.25) is 4.79 Å². The summed E-state index contributed by atoms with van der Waals surface area (Å²) in [6, 6.07) is 1.58. The standard InChI is InChI=1S/C13H20ClNO2/c1-2-3-4-5-6-7-9-15-13(16)11-8-10-17-12(11)14/h8,10H,2-7,9H2,1H3,(H,15,16). The number of hydrogen-bond acceptors (Lipinski definition) is 2. The van der Waals surface area contributed by atoms with Gasteiger partial charge < -0.3 is 9.73 Å². The van der Waals surface area contributed by atoms with Crippen LogP contribution in [0.2, 0.25) is 5.22 Å². The van der Waals surface area contributed by atoms with E-state index in [1.165, 1.54) is 38.4 Å². The molecule has 1 N–H and O–H groups in total. The summed E-state index contributed by atoms with van der Waals surface area (Å²) in [5.41, 5.74) is 0.414. The number of amides is 1. The van der Waals surface area contributed by atoms with Crippen molar-refractivity contribution in [2.75, 3.05) is 6.54 Å². The van der Waals surface area contributed by atoms with Crippen LogP contribution in [-0.2, 0) is 0 Å². The molecule has 1 aromatic heterocycles. The molecular weight excluding hydrogens is 238 g/mol. The number of carbonyl (C=O) groups excluding carboxylic acids is 1. The molecule has 1 amide bonds. The van der Waals surface area contributed by atoms with Crippen LogP contribution in [0.4, 0.5) is 0 Å². The van der Waals surface area contributed by atoms with E-state index in [2.05, 4.69) is 12.2 Å². The predicted molar refractivity (Wildman–Crippen MR) is 69.4 cm³/mol. The van der Waals surface area contributed by atoms with Crippen LogP contribution >= 0.6 is 11.6 Å². The van der Waals surface area contributed by atoms with Gasteiger partial charge in [-0.2, -0.15) is 0 Å². The Kier molecular flexibility index (Phi) is 6.78. The zero-order valence-electron chi connectivity index (χ0n) is 10.3. The van der Waals surface area contributed by atoms with Crippen LogP contribution in [0.3, 0.4) is 0 Å². The Morgan fingerprint density at radius 2 is 2.00 bits per heavy atom. The lowest BCUT2D eigenvalue weighted by atomic mass is 10.1. The van der Waals surface area contributed by atoms with E-state index in [0.717, 1.165) is 6.42 Å². The van der Waals surface area contributed by atoms with Crippen molar-refractivity contribution < 1.29 is 9.21 Å². The maximum atomic E-state index is 11.6. The molecule has 96 valence electrons. The first-order valence-electron chi connectivity index (χ1n) is 6.27. The molecule has 1 rings (SSSR count). The third-order valence-corrected chi connectivity index (χ3v) is 2.97. The Labute approximate surface area is 108 Å². The minimum absolute atomic E-state index is 0.155. The summed E-state index contributed by atoms with van der Waals surface area (Å²) in [6.45, 7) is 2.90. The number of furan rings is 1. The van der Waals surface area contributed by atoms with Crippen molar-refractivity contribution in [1.82, 2.24) is 5.32 Å². The molecule has 0 saturated carbocycles. The number of rotatable bonds is 8. The molecule has 0 unspecified atom stereocenters. The first-order chi connectivity index (χ1) is 8.25. The van der Waals surface area contributed by atoms with Crippen LogP contribution in [-0.4, -0.2) is 12.5 Å². The van der Waals surface area contributed by atoms with Crippen LogP contribution < -0.4 is 5.32 Å². The van der Waals surface area contributed by atoms with Crippen molar-refractivity contribution in [2.45, 2.75) is 45.4 Å². The summed E-state index contributed by atoms with van der Waals surface area (Å²) in [5.74, 6) is -0.155. The topological polar surface area (TPSA) is 42.2 Å². The van der Waals surface area contributed by atoms with E-state index >= 15 is 0 Å². The van der Waals surface area contributed by atoms with Gasteiger partial charge in [-0.25, -0.2) is 0 Å². The number of carbonyl (C=O) groups is 1. The van der Waals surface area contributed by atoms with Gasteiger partial charge in [-0.1, -0.05) is 39.0 Å². The fraction of sp³-hybridized carbons (Fsp3) is 0.615. The first-order valence-corrected chi connectivity index (χ1v) is 6.64. The van der Waals surface area contributed by atoms with Gasteiger partial charge in [0.15, 0.2) is 0 Å². The summed E-state index contributed by atoms with van der Waals surface area (Å²) in [7, 11) is 0. The fourth-order valence-electron chi connectivity index (χ4n) is 1.66. The zero-order valence-corrected chi connectivity index (χ0v) is 11.1. The molecule has 1 aromatic rings. The predicted octanol–water partition coefficient (Wildman–Crippen LogP) is 4.02. The monoisotopic (exact) mass is 257 g/mol. The van der Waals surface area contributed by atoms with Gasteiger partial charge in [-0.15, -0.1) is 0 Å². The van der Waals surface area contributed by atoms with E-state index in [9.17, 15) is 4.79 Å². The normalized spacial score (nSPS) is 10.5. The van der Waals surface area contributed by atoms with Gasteiger partial charge >= 0.3 is 0 Å². The van der Waals surface area contributed by atoms with Crippen molar-refractivity contribution in [3.05, 3.63) is 23.1 Å². The molecule has 4 heteroatoms. The van der Waals surface area contributed by atoms with Gasteiger partial charge in [0.2, 0.25) is 5.22 Å². The minimum Gasteiger partial charge on any atom is -0.452 e. The SMILES string of the molecule is CCCCCCCCNC(=O)c1ccoc1Cl. The van der Waals surface area contributed by atoms with Crippen LogP contribution in [0.5, 0.6) is 0 Å². The summed E-state index contributed by atoms with van der Waals surface area (Å²) in [6.07, 6.45) is 8.70. The number of halogens is 1. The molecule has 0 aliphatic rings.